The molecular weight excluding hydrogens is 236 g/mol. The molecule has 0 bridgehead atoms. The summed E-state index contributed by atoms with van der Waals surface area (Å²) in [6, 6.07) is 0.571. The maximum absolute atomic E-state index is 12.7. The van der Waals surface area contributed by atoms with Gasteiger partial charge in [0.1, 0.15) is 0 Å². The van der Waals surface area contributed by atoms with Gasteiger partial charge in [-0.25, -0.2) is 0 Å². The summed E-state index contributed by atoms with van der Waals surface area (Å²) in [6.07, 6.45) is 9.91. The van der Waals surface area contributed by atoms with Crippen molar-refractivity contribution in [1.82, 2.24) is 10.2 Å². The van der Waals surface area contributed by atoms with Gasteiger partial charge in [-0.3, -0.25) is 10.1 Å². The van der Waals surface area contributed by atoms with Crippen molar-refractivity contribution in [1.29, 1.82) is 0 Å². The Kier molecular flexibility index (Phi) is 5.26. The third-order valence-electron chi connectivity index (χ3n) is 4.67. The molecule has 2 atom stereocenters. The molecule has 1 amide bonds. The molecule has 1 heterocycles. The van der Waals surface area contributed by atoms with Crippen molar-refractivity contribution >= 4 is 5.91 Å². The standard InChI is InChI=1S/C16H30N2O/c1-4-5-11-14-16(19)18(15(17-14)12(2)3)13-9-7-6-8-10-13/h12-15,17H,4-11H2,1-3H3. The van der Waals surface area contributed by atoms with Crippen LogP contribution in [-0.2, 0) is 4.79 Å². The lowest BCUT2D eigenvalue weighted by atomic mass is 9.93. The molecule has 2 unspecified atom stereocenters. The Hall–Kier alpha value is -0.570. The maximum atomic E-state index is 12.7. The predicted molar refractivity (Wildman–Crippen MR) is 78.8 cm³/mol. The summed E-state index contributed by atoms with van der Waals surface area (Å²) < 4.78 is 0. The Morgan fingerprint density at radius 1 is 1.26 bits per heavy atom. The lowest BCUT2D eigenvalue weighted by Crippen LogP contribution is -2.48. The van der Waals surface area contributed by atoms with Crippen LogP contribution < -0.4 is 5.32 Å². The highest BCUT2D eigenvalue weighted by Gasteiger charge is 2.43. The molecule has 0 aromatic carbocycles. The minimum Gasteiger partial charge on any atom is -0.323 e. The van der Waals surface area contributed by atoms with E-state index in [1.165, 1.54) is 38.5 Å². The van der Waals surface area contributed by atoms with Crippen molar-refractivity contribution in [3.63, 3.8) is 0 Å². The molecule has 19 heavy (non-hydrogen) atoms. The van der Waals surface area contributed by atoms with E-state index in [2.05, 4.69) is 31.0 Å². The molecule has 2 rings (SSSR count). The number of rotatable bonds is 5. The summed E-state index contributed by atoms with van der Waals surface area (Å²) in [5.41, 5.74) is 0. The van der Waals surface area contributed by atoms with Crippen LogP contribution in [-0.4, -0.2) is 29.1 Å². The number of hydrogen-bond donors (Lipinski definition) is 1. The average molecular weight is 266 g/mol. The van der Waals surface area contributed by atoms with Crippen molar-refractivity contribution in [2.75, 3.05) is 0 Å². The first kappa shape index (κ1) is 14.8. The van der Waals surface area contributed by atoms with Gasteiger partial charge in [0.05, 0.1) is 12.2 Å². The molecule has 2 fully saturated rings. The van der Waals surface area contributed by atoms with Gasteiger partial charge in [-0.15, -0.1) is 0 Å². The van der Waals surface area contributed by atoms with Gasteiger partial charge in [0, 0.05) is 6.04 Å². The third-order valence-corrected chi connectivity index (χ3v) is 4.67. The summed E-state index contributed by atoms with van der Waals surface area (Å²) in [5.74, 6) is 0.872. The molecule has 0 aromatic rings. The van der Waals surface area contributed by atoms with E-state index in [0.717, 1.165) is 12.8 Å². The van der Waals surface area contributed by atoms with Crippen molar-refractivity contribution < 1.29 is 4.79 Å². The van der Waals surface area contributed by atoms with E-state index >= 15 is 0 Å². The fourth-order valence-corrected chi connectivity index (χ4v) is 3.57. The molecule has 1 N–H and O–H groups in total. The van der Waals surface area contributed by atoms with Crippen LogP contribution in [0.25, 0.3) is 0 Å². The topological polar surface area (TPSA) is 32.3 Å². The van der Waals surface area contributed by atoms with E-state index in [1.807, 2.05) is 0 Å². The van der Waals surface area contributed by atoms with Crippen LogP contribution in [0.4, 0.5) is 0 Å². The molecule has 3 heteroatoms. The first-order valence-corrected chi connectivity index (χ1v) is 8.23. The Bertz CT molecular complexity index is 297. The van der Waals surface area contributed by atoms with Gasteiger partial charge in [-0.1, -0.05) is 52.9 Å². The van der Waals surface area contributed by atoms with E-state index in [9.17, 15) is 4.79 Å². The van der Waals surface area contributed by atoms with Crippen LogP contribution in [0, 0.1) is 5.92 Å². The lowest BCUT2D eigenvalue weighted by molar-refractivity contribution is -0.133. The number of amides is 1. The van der Waals surface area contributed by atoms with Gasteiger partial charge in [-0.05, 0) is 25.2 Å². The second kappa shape index (κ2) is 6.74. The van der Waals surface area contributed by atoms with Crippen molar-refractivity contribution in [3.05, 3.63) is 0 Å². The van der Waals surface area contributed by atoms with Crippen LogP contribution in [0.2, 0.25) is 0 Å². The molecule has 1 aliphatic heterocycles. The number of unbranched alkanes of at least 4 members (excludes halogenated alkanes) is 1. The highest BCUT2D eigenvalue weighted by atomic mass is 16.2. The van der Waals surface area contributed by atoms with Gasteiger partial charge in [-0.2, -0.15) is 0 Å². The van der Waals surface area contributed by atoms with Gasteiger partial charge in [0.2, 0.25) is 5.91 Å². The molecule has 1 aliphatic carbocycles. The third kappa shape index (κ3) is 3.31. The average Bonchev–Trinajstić information content (AvgIpc) is 2.75. The molecule has 0 radical (unpaired) electrons. The summed E-state index contributed by atoms with van der Waals surface area (Å²) >= 11 is 0. The molecular formula is C16H30N2O. The summed E-state index contributed by atoms with van der Waals surface area (Å²) in [4.78, 5) is 14.9. The fraction of sp³-hybridized carbons (Fsp3) is 0.938. The molecule has 0 spiro atoms. The first-order valence-electron chi connectivity index (χ1n) is 8.23. The van der Waals surface area contributed by atoms with E-state index in [4.69, 9.17) is 0 Å². The molecule has 0 aromatic heterocycles. The van der Waals surface area contributed by atoms with Crippen LogP contribution in [0.5, 0.6) is 0 Å². The normalized spacial score (nSPS) is 29.5. The Morgan fingerprint density at radius 3 is 2.53 bits per heavy atom. The van der Waals surface area contributed by atoms with Gasteiger partial charge in [0.25, 0.3) is 0 Å². The van der Waals surface area contributed by atoms with Crippen molar-refractivity contribution in [2.24, 2.45) is 5.92 Å². The SMILES string of the molecule is CCCCC1NC(C(C)C)N(C2CCCCC2)C1=O. The van der Waals surface area contributed by atoms with Crippen LogP contribution in [0.1, 0.15) is 72.1 Å². The zero-order valence-electron chi connectivity index (χ0n) is 12.8. The number of hydrogen-bond acceptors (Lipinski definition) is 2. The highest BCUT2D eigenvalue weighted by molar-refractivity contribution is 5.84. The first-order chi connectivity index (χ1) is 9.15. The summed E-state index contributed by atoms with van der Waals surface area (Å²) in [6.45, 7) is 6.64. The monoisotopic (exact) mass is 266 g/mol. The van der Waals surface area contributed by atoms with Crippen molar-refractivity contribution in [3.8, 4) is 0 Å². The zero-order chi connectivity index (χ0) is 13.8. The fourth-order valence-electron chi connectivity index (χ4n) is 3.57. The maximum Gasteiger partial charge on any atom is 0.241 e. The molecule has 2 aliphatic rings. The largest absolute Gasteiger partial charge is 0.323 e. The minimum absolute atomic E-state index is 0.0780. The zero-order valence-corrected chi connectivity index (χ0v) is 12.8. The van der Waals surface area contributed by atoms with Crippen LogP contribution in [0.15, 0.2) is 0 Å². The smallest absolute Gasteiger partial charge is 0.241 e. The van der Waals surface area contributed by atoms with E-state index in [1.54, 1.807) is 0 Å². The highest BCUT2D eigenvalue weighted by Crippen LogP contribution is 2.30. The summed E-state index contributed by atoms with van der Waals surface area (Å²) in [5, 5.41) is 3.60. The number of carbonyl (C=O) groups is 1. The van der Waals surface area contributed by atoms with E-state index in [0.29, 0.717) is 17.9 Å². The number of nitrogens with zero attached hydrogens (tertiary/aromatic N) is 1. The van der Waals surface area contributed by atoms with Crippen LogP contribution in [0.3, 0.4) is 0 Å². The van der Waals surface area contributed by atoms with E-state index < -0.39 is 0 Å². The Labute approximate surface area is 118 Å². The van der Waals surface area contributed by atoms with Crippen LogP contribution >= 0.6 is 0 Å². The molecule has 1 saturated carbocycles. The minimum atomic E-state index is 0.0780. The van der Waals surface area contributed by atoms with Gasteiger partial charge in [0.15, 0.2) is 0 Å². The predicted octanol–water partition coefficient (Wildman–Crippen LogP) is 3.29. The van der Waals surface area contributed by atoms with Gasteiger partial charge >= 0.3 is 0 Å². The Balaban J connectivity index is 2.06. The second-order valence-electron chi connectivity index (χ2n) is 6.59. The molecule has 3 nitrogen and oxygen atoms in total. The molecule has 110 valence electrons. The number of carbonyl (C=O) groups excluding carboxylic acids is 1. The van der Waals surface area contributed by atoms with Crippen molar-refractivity contribution in [2.45, 2.75) is 90.4 Å². The number of nitrogens with one attached hydrogen (secondary N) is 1. The van der Waals surface area contributed by atoms with Gasteiger partial charge < -0.3 is 4.90 Å². The summed E-state index contributed by atoms with van der Waals surface area (Å²) in [7, 11) is 0. The quantitative estimate of drug-likeness (QED) is 0.828. The second-order valence-corrected chi connectivity index (χ2v) is 6.59. The molecule has 1 saturated heterocycles. The lowest BCUT2D eigenvalue weighted by Gasteiger charge is -2.36. The Morgan fingerprint density at radius 2 is 1.95 bits per heavy atom. The van der Waals surface area contributed by atoms with E-state index in [-0.39, 0.29) is 12.2 Å².